The van der Waals surface area contributed by atoms with E-state index in [1.54, 1.807) is 0 Å². The molecule has 0 aromatic carbocycles. The molecule has 0 unspecified atom stereocenters. The molecule has 114 valence electrons. The number of aromatic nitrogens is 2. The maximum absolute atomic E-state index is 8.03. The number of aryl methyl sites for hydroxylation is 1. The van der Waals surface area contributed by atoms with E-state index >= 15 is 0 Å². The zero-order valence-corrected chi connectivity index (χ0v) is 13.0. The Bertz CT molecular complexity index is 546. The lowest BCUT2D eigenvalue weighted by Gasteiger charge is -2.26. The second-order valence-corrected chi connectivity index (χ2v) is 6.27. The molecule has 1 aromatic rings. The van der Waals surface area contributed by atoms with Crippen LogP contribution in [0.2, 0.25) is 0 Å². The molecule has 3 rings (SSSR count). The van der Waals surface area contributed by atoms with Gasteiger partial charge in [0.15, 0.2) is 5.82 Å². The van der Waals surface area contributed by atoms with E-state index in [0.29, 0.717) is 6.04 Å². The predicted molar refractivity (Wildman–Crippen MR) is 84.9 cm³/mol. The van der Waals surface area contributed by atoms with Crippen molar-refractivity contribution >= 4 is 11.7 Å². The van der Waals surface area contributed by atoms with E-state index in [1.165, 1.54) is 25.7 Å². The van der Waals surface area contributed by atoms with Gasteiger partial charge in [-0.15, -0.1) is 5.10 Å². The monoisotopic (exact) mass is 287 g/mol. The third-order valence-corrected chi connectivity index (χ3v) is 4.51. The zero-order valence-electron chi connectivity index (χ0n) is 13.0. The normalized spacial score (nSPS) is 17.8. The molecule has 2 aliphatic rings. The fraction of sp³-hybridized carbons (Fsp3) is 0.688. The minimum absolute atomic E-state index is 0.132. The van der Waals surface area contributed by atoms with E-state index in [0.717, 1.165) is 47.9 Å². The first-order valence-corrected chi connectivity index (χ1v) is 8.15. The highest BCUT2D eigenvalue weighted by Gasteiger charge is 2.36. The van der Waals surface area contributed by atoms with Crippen LogP contribution in [0.25, 0.3) is 0 Å². The number of amidine groups is 1. The summed E-state index contributed by atoms with van der Waals surface area (Å²) >= 11 is 0. The lowest BCUT2D eigenvalue weighted by atomic mass is 10.0. The van der Waals surface area contributed by atoms with E-state index in [9.17, 15) is 0 Å². The van der Waals surface area contributed by atoms with Crippen LogP contribution in [0.5, 0.6) is 0 Å². The van der Waals surface area contributed by atoms with Gasteiger partial charge < -0.3 is 10.6 Å². The lowest BCUT2D eigenvalue weighted by Crippen LogP contribution is -2.33. The Morgan fingerprint density at radius 1 is 1.19 bits per heavy atom. The molecule has 2 aliphatic carbocycles. The van der Waals surface area contributed by atoms with E-state index in [-0.39, 0.29) is 5.84 Å². The van der Waals surface area contributed by atoms with Crippen molar-refractivity contribution < 1.29 is 0 Å². The van der Waals surface area contributed by atoms with Gasteiger partial charge in [-0.1, -0.05) is 13.8 Å². The number of anilines is 1. The van der Waals surface area contributed by atoms with Gasteiger partial charge >= 0.3 is 0 Å². The Hall–Kier alpha value is -1.65. The molecule has 2 saturated carbocycles. The number of nitrogen functional groups attached to an aromatic ring is 1. The van der Waals surface area contributed by atoms with Gasteiger partial charge in [-0.25, -0.2) is 0 Å². The summed E-state index contributed by atoms with van der Waals surface area (Å²) in [6.45, 7) is 5.23. The molecule has 5 nitrogen and oxygen atoms in total. The highest BCUT2D eigenvalue weighted by molar-refractivity contribution is 6.01. The highest BCUT2D eigenvalue weighted by Crippen LogP contribution is 2.38. The van der Waals surface area contributed by atoms with Crippen LogP contribution in [-0.2, 0) is 12.8 Å². The van der Waals surface area contributed by atoms with Crippen LogP contribution >= 0.6 is 0 Å². The van der Waals surface area contributed by atoms with Crippen molar-refractivity contribution in [2.75, 3.05) is 11.4 Å². The Labute approximate surface area is 126 Å². The summed E-state index contributed by atoms with van der Waals surface area (Å²) in [5, 5.41) is 16.9. The van der Waals surface area contributed by atoms with Crippen LogP contribution in [0.3, 0.4) is 0 Å². The Morgan fingerprint density at radius 2 is 1.90 bits per heavy atom. The van der Waals surface area contributed by atoms with E-state index in [2.05, 4.69) is 28.9 Å². The first kappa shape index (κ1) is 14.3. The summed E-state index contributed by atoms with van der Waals surface area (Å²) < 4.78 is 0. The Kier molecular flexibility index (Phi) is 3.83. The fourth-order valence-electron chi connectivity index (χ4n) is 3.02. The van der Waals surface area contributed by atoms with Crippen molar-refractivity contribution in [3.05, 3.63) is 16.8 Å². The highest BCUT2D eigenvalue weighted by atomic mass is 15.3. The lowest BCUT2D eigenvalue weighted by molar-refractivity contribution is 0.695. The van der Waals surface area contributed by atoms with Crippen molar-refractivity contribution in [1.29, 1.82) is 5.41 Å². The van der Waals surface area contributed by atoms with E-state index in [4.69, 9.17) is 11.1 Å². The number of nitrogens with zero attached hydrogens (tertiary/aromatic N) is 3. The molecular formula is C16H25N5. The van der Waals surface area contributed by atoms with Gasteiger partial charge in [-0.3, -0.25) is 5.41 Å². The first-order valence-electron chi connectivity index (χ1n) is 8.15. The van der Waals surface area contributed by atoms with Crippen LogP contribution in [0.15, 0.2) is 0 Å². The topological polar surface area (TPSA) is 78.9 Å². The number of nitrogens with two attached hydrogens (primary N) is 1. The fourth-order valence-corrected chi connectivity index (χ4v) is 3.02. The van der Waals surface area contributed by atoms with E-state index < -0.39 is 0 Å². The number of nitrogens with one attached hydrogen (secondary N) is 1. The Morgan fingerprint density at radius 3 is 2.38 bits per heavy atom. The minimum Gasteiger partial charge on any atom is -0.384 e. The molecule has 1 aromatic heterocycles. The molecule has 3 N–H and O–H groups in total. The molecule has 2 fully saturated rings. The molecule has 5 heteroatoms. The van der Waals surface area contributed by atoms with Crippen LogP contribution in [0, 0.1) is 11.3 Å². The number of hydrogen-bond donors (Lipinski definition) is 2. The Balaban J connectivity index is 2.04. The zero-order chi connectivity index (χ0) is 15.0. The molecule has 0 radical (unpaired) electrons. The van der Waals surface area contributed by atoms with Crippen molar-refractivity contribution in [2.24, 2.45) is 11.7 Å². The summed E-state index contributed by atoms with van der Waals surface area (Å²) in [5.74, 6) is 1.78. The number of hydrogen-bond acceptors (Lipinski definition) is 4. The maximum Gasteiger partial charge on any atom is 0.162 e. The van der Waals surface area contributed by atoms with Gasteiger partial charge in [-0.05, 0) is 50.0 Å². The summed E-state index contributed by atoms with van der Waals surface area (Å²) in [5.41, 5.74) is 8.83. The molecule has 0 bridgehead atoms. The third-order valence-electron chi connectivity index (χ3n) is 4.51. The largest absolute Gasteiger partial charge is 0.384 e. The van der Waals surface area contributed by atoms with Crippen LogP contribution in [-0.4, -0.2) is 28.6 Å². The van der Waals surface area contributed by atoms with Gasteiger partial charge in [-0.2, -0.15) is 5.10 Å². The summed E-state index contributed by atoms with van der Waals surface area (Å²) in [6.07, 6.45) is 6.77. The maximum atomic E-state index is 8.03. The molecule has 0 spiro atoms. The second kappa shape index (κ2) is 5.62. The van der Waals surface area contributed by atoms with Gasteiger partial charge in [0, 0.05) is 12.6 Å². The van der Waals surface area contributed by atoms with Crippen LogP contribution < -0.4 is 10.6 Å². The predicted octanol–water partition coefficient (Wildman–Crippen LogP) is 2.26. The molecule has 21 heavy (non-hydrogen) atoms. The van der Waals surface area contributed by atoms with Crippen molar-refractivity contribution in [1.82, 2.24) is 10.2 Å². The average molecular weight is 287 g/mol. The third kappa shape index (κ3) is 2.87. The quantitative estimate of drug-likeness (QED) is 0.595. The minimum atomic E-state index is 0.132. The van der Waals surface area contributed by atoms with Crippen molar-refractivity contribution in [2.45, 2.75) is 58.4 Å². The van der Waals surface area contributed by atoms with Crippen molar-refractivity contribution in [3.8, 4) is 0 Å². The molecule has 0 atom stereocenters. The molecule has 0 saturated heterocycles. The van der Waals surface area contributed by atoms with Gasteiger partial charge in [0.2, 0.25) is 0 Å². The van der Waals surface area contributed by atoms with Crippen LogP contribution in [0.4, 0.5) is 5.82 Å². The summed E-state index contributed by atoms with van der Waals surface area (Å²) in [6, 6.07) is 0.579. The standard InChI is InChI=1S/C16H25N5/c1-3-12-13(4-2)19-20-16(14(12)15(17)18)21(11-7-8-11)9-10-5-6-10/h10-11H,3-9H2,1-2H3,(H3,17,18). The molecule has 0 aliphatic heterocycles. The van der Waals surface area contributed by atoms with Gasteiger partial charge in [0.1, 0.15) is 5.84 Å². The van der Waals surface area contributed by atoms with Crippen LogP contribution in [0.1, 0.15) is 56.4 Å². The SMILES string of the molecule is CCc1nnc(N(CC2CC2)C2CC2)c(C(=N)N)c1CC. The van der Waals surface area contributed by atoms with Crippen molar-refractivity contribution in [3.63, 3.8) is 0 Å². The second-order valence-electron chi connectivity index (χ2n) is 6.27. The van der Waals surface area contributed by atoms with E-state index in [1.807, 2.05) is 0 Å². The summed E-state index contributed by atoms with van der Waals surface area (Å²) in [7, 11) is 0. The summed E-state index contributed by atoms with van der Waals surface area (Å²) in [4.78, 5) is 2.38. The van der Waals surface area contributed by atoms with Gasteiger partial charge in [0.25, 0.3) is 0 Å². The molecular weight excluding hydrogens is 262 g/mol. The average Bonchev–Trinajstić information content (AvgIpc) is 3.36. The van der Waals surface area contributed by atoms with Gasteiger partial charge in [0.05, 0.1) is 11.3 Å². The molecule has 0 amide bonds. The first-order chi connectivity index (χ1) is 10.2. The molecule has 1 heterocycles. The number of rotatable bonds is 7. The smallest absolute Gasteiger partial charge is 0.162 e.